The molecule has 2 rings (SSSR count). The van der Waals surface area contributed by atoms with E-state index in [0.29, 0.717) is 0 Å². The maximum absolute atomic E-state index is 11.8. The molecule has 0 aliphatic carbocycles. The molecule has 0 saturated carbocycles. The predicted molar refractivity (Wildman–Crippen MR) is 59.7 cm³/mol. The van der Waals surface area contributed by atoms with Gasteiger partial charge in [0.25, 0.3) is 5.91 Å². The minimum atomic E-state index is -4.18. The molecular weight excluding hydrogens is 260 g/mol. The molecular formula is C10H10N2O5S. The second-order valence-corrected chi connectivity index (χ2v) is 5.22. The molecule has 3 amide bonds. The summed E-state index contributed by atoms with van der Waals surface area (Å²) in [7, 11) is -4.18. The molecule has 1 heterocycles. The van der Waals surface area contributed by atoms with Gasteiger partial charge in [0.1, 0.15) is 6.54 Å². The monoisotopic (exact) mass is 270 g/mol. The van der Waals surface area contributed by atoms with Crippen LogP contribution in [0.4, 0.5) is 4.79 Å². The standard InChI is InChI=1S/C10H10N2O5S/c1-7-2-4-8(5-3-7)18(15,16)17-12-9(13)6-11-10(12)14/h2-5H,6H2,1H3,(H,11,14). The molecule has 1 fully saturated rings. The fourth-order valence-corrected chi connectivity index (χ4v) is 2.23. The number of nitrogens with one attached hydrogen (secondary N) is 1. The number of benzene rings is 1. The molecule has 1 aliphatic heterocycles. The Morgan fingerprint density at radius 3 is 2.33 bits per heavy atom. The highest BCUT2D eigenvalue weighted by Crippen LogP contribution is 2.16. The summed E-state index contributed by atoms with van der Waals surface area (Å²) in [5, 5.41) is 2.35. The van der Waals surface area contributed by atoms with E-state index in [1.807, 2.05) is 0 Å². The summed E-state index contributed by atoms with van der Waals surface area (Å²) in [6.45, 7) is 1.52. The van der Waals surface area contributed by atoms with Gasteiger partial charge in [-0.2, -0.15) is 8.42 Å². The molecule has 96 valence electrons. The van der Waals surface area contributed by atoms with Crippen LogP contribution in [0.1, 0.15) is 5.56 Å². The minimum Gasteiger partial charge on any atom is -0.327 e. The summed E-state index contributed by atoms with van der Waals surface area (Å²) in [6, 6.07) is 4.95. The molecule has 1 aromatic rings. The van der Waals surface area contributed by atoms with Crippen LogP contribution in [0.25, 0.3) is 0 Å². The summed E-state index contributed by atoms with van der Waals surface area (Å²) in [6.07, 6.45) is 0. The van der Waals surface area contributed by atoms with Gasteiger partial charge in [-0.05, 0) is 19.1 Å². The number of imide groups is 1. The molecule has 0 radical (unpaired) electrons. The van der Waals surface area contributed by atoms with Crippen LogP contribution < -0.4 is 5.32 Å². The number of urea groups is 1. The number of rotatable bonds is 3. The van der Waals surface area contributed by atoms with Gasteiger partial charge in [-0.3, -0.25) is 4.79 Å². The second-order valence-electron chi connectivity index (χ2n) is 3.69. The number of nitrogens with zero attached hydrogens (tertiary/aromatic N) is 1. The summed E-state index contributed by atoms with van der Waals surface area (Å²) in [4.78, 5) is 22.2. The van der Waals surface area contributed by atoms with Gasteiger partial charge in [0.05, 0.1) is 4.90 Å². The molecule has 1 aromatic carbocycles. The summed E-state index contributed by atoms with van der Waals surface area (Å²) >= 11 is 0. The smallest absolute Gasteiger partial charge is 0.327 e. The van der Waals surface area contributed by atoms with Crippen molar-refractivity contribution >= 4 is 22.1 Å². The molecule has 0 bridgehead atoms. The molecule has 0 atom stereocenters. The van der Waals surface area contributed by atoms with Gasteiger partial charge in [-0.15, -0.1) is 9.35 Å². The number of hydrogen-bond acceptors (Lipinski definition) is 5. The zero-order chi connectivity index (χ0) is 13.3. The maximum Gasteiger partial charge on any atom is 0.350 e. The first kappa shape index (κ1) is 12.5. The van der Waals surface area contributed by atoms with Crippen LogP contribution in [0, 0.1) is 6.92 Å². The van der Waals surface area contributed by atoms with E-state index in [1.54, 1.807) is 19.1 Å². The van der Waals surface area contributed by atoms with E-state index in [9.17, 15) is 18.0 Å². The van der Waals surface area contributed by atoms with Gasteiger partial charge >= 0.3 is 16.1 Å². The van der Waals surface area contributed by atoms with E-state index >= 15 is 0 Å². The van der Waals surface area contributed by atoms with Crippen LogP contribution in [0.2, 0.25) is 0 Å². The van der Waals surface area contributed by atoms with Gasteiger partial charge in [0, 0.05) is 0 Å². The highest BCUT2D eigenvalue weighted by Gasteiger charge is 2.34. The molecule has 0 unspecified atom stereocenters. The fraction of sp³-hybridized carbons (Fsp3) is 0.200. The molecule has 1 saturated heterocycles. The Kier molecular flexibility index (Phi) is 3.05. The lowest BCUT2D eigenvalue weighted by molar-refractivity contribution is -0.141. The molecule has 1 aliphatic rings. The average molecular weight is 270 g/mol. The highest BCUT2D eigenvalue weighted by molar-refractivity contribution is 7.86. The van der Waals surface area contributed by atoms with Gasteiger partial charge in [0.15, 0.2) is 0 Å². The molecule has 1 N–H and O–H groups in total. The number of carbonyl (C=O) groups is 2. The Balaban J connectivity index is 2.24. The van der Waals surface area contributed by atoms with Crippen LogP contribution >= 0.6 is 0 Å². The van der Waals surface area contributed by atoms with Gasteiger partial charge < -0.3 is 5.32 Å². The predicted octanol–water partition coefficient (Wildman–Crippen LogP) is 0.167. The first-order valence-electron chi connectivity index (χ1n) is 5.02. The Hall–Kier alpha value is -1.93. The Bertz CT molecular complexity index is 577. The number of hydrogen-bond donors (Lipinski definition) is 1. The van der Waals surface area contributed by atoms with Crippen molar-refractivity contribution in [3.63, 3.8) is 0 Å². The quantitative estimate of drug-likeness (QED) is 0.790. The number of hydroxylamine groups is 2. The highest BCUT2D eigenvalue weighted by atomic mass is 32.2. The largest absolute Gasteiger partial charge is 0.350 e. The molecule has 7 nitrogen and oxygen atoms in total. The first-order chi connectivity index (χ1) is 8.40. The third-order valence-electron chi connectivity index (χ3n) is 2.28. The van der Waals surface area contributed by atoms with Crippen molar-refractivity contribution in [1.82, 2.24) is 10.4 Å². The normalized spacial score (nSPS) is 15.9. The third-order valence-corrected chi connectivity index (χ3v) is 3.48. The Morgan fingerprint density at radius 2 is 1.83 bits per heavy atom. The van der Waals surface area contributed by atoms with Crippen molar-refractivity contribution in [3.8, 4) is 0 Å². The van der Waals surface area contributed by atoms with Crippen LogP contribution in [-0.2, 0) is 19.2 Å². The molecule has 0 spiro atoms. The molecule has 8 heteroatoms. The zero-order valence-electron chi connectivity index (χ0n) is 9.41. The maximum atomic E-state index is 11.8. The lowest BCUT2D eigenvalue weighted by atomic mass is 10.2. The first-order valence-corrected chi connectivity index (χ1v) is 6.43. The van der Waals surface area contributed by atoms with E-state index in [2.05, 4.69) is 9.60 Å². The third kappa shape index (κ3) is 2.34. The van der Waals surface area contributed by atoms with E-state index in [0.717, 1.165) is 5.56 Å². The lowest BCUT2D eigenvalue weighted by Gasteiger charge is -2.11. The van der Waals surface area contributed by atoms with Crippen LogP contribution in [0.5, 0.6) is 0 Å². The average Bonchev–Trinajstić information content (AvgIpc) is 2.61. The van der Waals surface area contributed by atoms with Gasteiger partial charge in [0.2, 0.25) is 0 Å². The number of amides is 3. The van der Waals surface area contributed by atoms with Gasteiger partial charge in [-0.1, -0.05) is 17.7 Å². The number of aryl methyl sites for hydroxylation is 1. The van der Waals surface area contributed by atoms with Crippen LogP contribution in [0.15, 0.2) is 29.2 Å². The molecule has 0 aromatic heterocycles. The van der Waals surface area contributed by atoms with Crippen molar-refractivity contribution in [3.05, 3.63) is 29.8 Å². The Morgan fingerprint density at radius 1 is 1.22 bits per heavy atom. The summed E-state index contributed by atoms with van der Waals surface area (Å²) in [5.74, 6) is -0.754. The summed E-state index contributed by atoms with van der Waals surface area (Å²) in [5.41, 5.74) is 0.879. The van der Waals surface area contributed by atoms with Crippen molar-refractivity contribution < 1.29 is 22.3 Å². The SMILES string of the molecule is Cc1ccc(S(=O)(=O)ON2C(=O)CNC2=O)cc1. The van der Waals surface area contributed by atoms with E-state index in [4.69, 9.17) is 0 Å². The lowest BCUT2D eigenvalue weighted by Crippen LogP contribution is -2.33. The topological polar surface area (TPSA) is 92.8 Å². The summed E-state index contributed by atoms with van der Waals surface area (Å²) < 4.78 is 28.1. The second kappa shape index (κ2) is 4.39. The van der Waals surface area contributed by atoms with Crippen molar-refractivity contribution in [2.75, 3.05) is 6.54 Å². The van der Waals surface area contributed by atoms with Crippen molar-refractivity contribution in [2.45, 2.75) is 11.8 Å². The van der Waals surface area contributed by atoms with E-state index in [-0.39, 0.29) is 16.5 Å². The zero-order valence-corrected chi connectivity index (χ0v) is 10.2. The van der Waals surface area contributed by atoms with E-state index in [1.165, 1.54) is 12.1 Å². The van der Waals surface area contributed by atoms with Gasteiger partial charge in [-0.25, -0.2) is 4.79 Å². The van der Waals surface area contributed by atoms with E-state index < -0.39 is 22.1 Å². The molecule has 18 heavy (non-hydrogen) atoms. The number of carbonyl (C=O) groups excluding carboxylic acids is 2. The van der Waals surface area contributed by atoms with Crippen molar-refractivity contribution in [1.29, 1.82) is 0 Å². The van der Waals surface area contributed by atoms with Crippen LogP contribution in [0.3, 0.4) is 0 Å². The minimum absolute atomic E-state index is 0.124. The fourth-order valence-electron chi connectivity index (χ4n) is 1.33. The Labute approximate surface area is 103 Å². The van der Waals surface area contributed by atoms with Crippen LogP contribution in [-0.4, -0.2) is 32.0 Å². The van der Waals surface area contributed by atoms with Crippen molar-refractivity contribution in [2.24, 2.45) is 0 Å².